The van der Waals surface area contributed by atoms with Gasteiger partial charge in [-0.3, -0.25) is 4.79 Å². The SMILES string of the molecule is O=C1C(=Cc2c(Cl)cccc2Cl)Oc2cc(OCc3ccc(F)cc3Cl)ccc21. The smallest absolute Gasteiger partial charge is 0.231 e. The molecule has 4 rings (SSSR count). The fourth-order valence-electron chi connectivity index (χ4n) is 2.84. The number of carbonyl (C=O) groups excluding carboxylic acids is 1. The van der Waals surface area contributed by atoms with Crippen LogP contribution in [0.1, 0.15) is 21.5 Å². The molecule has 0 bridgehead atoms. The summed E-state index contributed by atoms with van der Waals surface area (Å²) in [5.74, 6) is 0.278. The maximum atomic E-state index is 13.1. The number of halogens is 4. The Bertz CT molecular complexity index is 1140. The molecule has 3 aromatic rings. The van der Waals surface area contributed by atoms with Crippen molar-refractivity contribution in [2.45, 2.75) is 6.61 Å². The molecule has 0 atom stereocenters. The van der Waals surface area contributed by atoms with Gasteiger partial charge in [0.15, 0.2) is 5.76 Å². The highest BCUT2D eigenvalue weighted by molar-refractivity contribution is 6.37. The zero-order chi connectivity index (χ0) is 20.5. The standard InChI is InChI=1S/C22H12Cl3FO3/c23-17-2-1-3-18(24)16(17)10-21-22(27)15-7-6-14(9-20(15)29-21)28-11-12-4-5-13(26)8-19(12)25/h1-10H,11H2. The maximum Gasteiger partial charge on any atom is 0.231 e. The summed E-state index contributed by atoms with van der Waals surface area (Å²) in [6.45, 7) is 0.143. The fourth-order valence-corrected chi connectivity index (χ4v) is 3.56. The molecule has 0 saturated heterocycles. The Morgan fingerprint density at radius 3 is 2.45 bits per heavy atom. The van der Waals surface area contributed by atoms with Gasteiger partial charge in [-0.1, -0.05) is 46.9 Å². The normalized spacial score (nSPS) is 14.1. The lowest BCUT2D eigenvalue weighted by Crippen LogP contribution is -1.98. The second-order valence-electron chi connectivity index (χ2n) is 6.26. The van der Waals surface area contributed by atoms with E-state index in [1.54, 1.807) is 42.5 Å². The van der Waals surface area contributed by atoms with E-state index in [1.165, 1.54) is 18.2 Å². The van der Waals surface area contributed by atoms with E-state index in [0.29, 0.717) is 38.2 Å². The van der Waals surface area contributed by atoms with Crippen LogP contribution >= 0.6 is 34.8 Å². The highest BCUT2D eigenvalue weighted by Crippen LogP contribution is 2.36. The van der Waals surface area contributed by atoms with Crippen LogP contribution in [0, 0.1) is 5.82 Å². The average Bonchev–Trinajstić information content (AvgIpc) is 2.99. The lowest BCUT2D eigenvalue weighted by Gasteiger charge is -2.09. The molecular weight excluding hydrogens is 438 g/mol. The molecule has 29 heavy (non-hydrogen) atoms. The van der Waals surface area contributed by atoms with Crippen molar-refractivity contribution in [1.82, 2.24) is 0 Å². The first kappa shape index (κ1) is 19.8. The van der Waals surface area contributed by atoms with Crippen LogP contribution in [0.5, 0.6) is 11.5 Å². The van der Waals surface area contributed by atoms with Crippen molar-refractivity contribution in [2.24, 2.45) is 0 Å². The summed E-state index contributed by atoms with van der Waals surface area (Å²) < 4.78 is 24.6. The molecular formula is C22H12Cl3FO3. The topological polar surface area (TPSA) is 35.5 Å². The van der Waals surface area contributed by atoms with Gasteiger partial charge in [-0.05, 0) is 42.5 Å². The number of ketones is 1. The van der Waals surface area contributed by atoms with E-state index in [0.717, 1.165) is 0 Å². The molecule has 3 aromatic carbocycles. The number of hydrogen-bond donors (Lipinski definition) is 0. The predicted molar refractivity (Wildman–Crippen MR) is 112 cm³/mol. The summed E-state index contributed by atoms with van der Waals surface area (Å²) in [6, 6.07) is 14.1. The van der Waals surface area contributed by atoms with Crippen LogP contribution in [-0.2, 0) is 6.61 Å². The largest absolute Gasteiger partial charge is 0.489 e. The minimum atomic E-state index is -0.416. The maximum absolute atomic E-state index is 13.1. The van der Waals surface area contributed by atoms with Crippen LogP contribution in [0.3, 0.4) is 0 Å². The van der Waals surface area contributed by atoms with Crippen molar-refractivity contribution >= 4 is 46.7 Å². The summed E-state index contributed by atoms with van der Waals surface area (Å²) in [4.78, 5) is 12.6. The second-order valence-corrected chi connectivity index (χ2v) is 7.48. The number of fused-ring (bicyclic) bond motifs is 1. The third-order valence-electron chi connectivity index (χ3n) is 4.33. The Morgan fingerprint density at radius 2 is 1.72 bits per heavy atom. The molecule has 7 heteroatoms. The number of Topliss-reactive ketones (excluding diaryl/α,β-unsaturated/α-hetero) is 1. The van der Waals surface area contributed by atoms with Gasteiger partial charge >= 0.3 is 0 Å². The fraction of sp³-hybridized carbons (Fsp3) is 0.0455. The minimum absolute atomic E-state index is 0.119. The van der Waals surface area contributed by atoms with E-state index in [2.05, 4.69) is 0 Å². The van der Waals surface area contributed by atoms with Crippen LogP contribution in [0.25, 0.3) is 6.08 Å². The van der Waals surface area contributed by atoms with Gasteiger partial charge in [0.25, 0.3) is 0 Å². The zero-order valence-corrected chi connectivity index (χ0v) is 17.0. The van der Waals surface area contributed by atoms with Crippen LogP contribution in [0.15, 0.2) is 60.4 Å². The van der Waals surface area contributed by atoms with Gasteiger partial charge in [0.2, 0.25) is 5.78 Å². The Kier molecular flexibility index (Phi) is 5.50. The van der Waals surface area contributed by atoms with Gasteiger partial charge in [-0.25, -0.2) is 4.39 Å². The molecule has 0 fully saturated rings. The Labute approximate surface area is 181 Å². The summed E-state index contributed by atoms with van der Waals surface area (Å²) in [5.41, 5.74) is 1.56. The molecule has 0 radical (unpaired) electrons. The zero-order valence-electron chi connectivity index (χ0n) is 14.7. The third kappa shape index (κ3) is 4.10. The minimum Gasteiger partial charge on any atom is -0.489 e. The molecule has 146 valence electrons. The number of carbonyl (C=O) groups is 1. The van der Waals surface area contributed by atoms with Crippen LogP contribution in [-0.4, -0.2) is 5.78 Å². The molecule has 0 N–H and O–H groups in total. The van der Waals surface area contributed by atoms with Gasteiger partial charge in [0, 0.05) is 27.2 Å². The molecule has 0 unspecified atom stereocenters. The molecule has 0 saturated carbocycles. The van der Waals surface area contributed by atoms with Gasteiger partial charge in [-0.2, -0.15) is 0 Å². The first-order chi connectivity index (χ1) is 13.9. The molecule has 1 heterocycles. The quantitative estimate of drug-likeness (QED) is 0.403. The molecule has 1 aliphatic heterocycles. The monoisotopic (exact) mass is 448 g/mol. The van der Waals surface area contributed by atoms with Crippen molar-refractivity contribution in [1.29, 1.82) is 0 Å². The van der Waals surface area contributed by atoms with Crippen molar-refractivity contribution in [3.05, 3.63) is 97.9 Å². The lowest BCUT2D eigenvalue weighted by molar-refractivity contribution is 0.101. The van der Waals surface area contributed by atoms with Gasteiger partial charge in [0.05, 0.1) is 10.6 Å². The second kappa shape index (κ2) is 8.07. The van der Waals surface area contributed by atoms with Crippen molar-refractivity contribution in [3.63, 3.8) is 0 Å². The Balaban J connectivity index is 1.55. The van der Waals surface area contributed by atoms with E-state index in [1.807, 2.05) is 0 Å². The van der Waals surface area contributed by atoms with E-state index in [-0.39, 0.29) is 23.2 Å². The summed E-state index contributed by atoms with van der Waals surface area (Å²) >= 11 is 18.3. The summed E-state index contributed by atoms with van der Waals surface area (Å²) in [7, 11) is 0. The number of ether oxygens (including phenoxy) is 2. The van der Waals surface area contributed by atoms with E-state index < -0.39 is 5.82 Å². The Morgan fingerprint density at radius 1 is 0.966 bits per heavy atom. The van der Waals surface area contributed by atoms with Crippen LogP contribution < -0.4 is 9.47 Å². The first-order valence-corrected chi connectivity index (χ1v) is 9.65. The first-order valence-electron chi connectivity index (χ1n) is 8.51. The highest BCUT2D eigenvalue weighted by atomic mass is 35.5. The average molecular weight is 450 g/mol. The van der Waals surface area contributed by atoms with Crippen molar-refractivity contribution in [3.8, 4) is 11.5 Å². The van der Waals surface area contributed by atoms with Gasteiger partial charge in [-0.15, -0.1) is 0 Å². The third-order valence-corrected chi connectivity index (χ3v) is 5.34. The van der Waals surface area contributed by atoms with E-state index in [9.17, 15) is 9.18 Å². The predicted octanol–water partition coefficient (Wildman–Crippen LogP) is 6.98. The number of benzene rings is 3. The molecule has 0 aromatic heterocycles. The summed E-state index contributed by atoms with van der Waals surface area (Å²) in [6.07, 6.45) is 1.52. The van der Waals surface area contributed by atoms with Gasteiger partial charge < -0.3 is 9.47 Å². The van der Waals surface area contributed by atoms with Crippen molar-refractivity contribution in [2.75, 3.05) is 0 Å². The Hall–Kier alpha value is -2.53. The van der Waals surface area contributed by atoms with Crippen molar-refractivity contribution < 1.29 is 18.7 Å². The molecule has 3 nitrogen and oxygen atoms in total. The molecule has 0 aliphatic carbocycles. The van der Waals surface area contributed by atoms with E-state index in [4.69, 9.17) is 44.3 Å². The number of allylic oxidation sites excluding steroid dienone is 1. The molecule has 0 amide bonds. The van der Waals surface area contributed by atoms with Gasteiger partial charge in [0.1, 0.15) is 23.9 Å². The van der Waals surface area contributed by atoms with E-state index >= 15 is 0 Å². The number of hydrogen-bond acceptors (Lipinski definition) is 3. The molecule has 0 spiro atoms. The lowest BCUT2D eigenvalue weighted by atomic mass is 10.1. The van der Waals surface area contributed by atoms with Crippen LogP contribution in [0.2, 0.25) is 15.1 Å². The van der Waals surface area contributed by atoms with Crippen LogP contribution in [0.4, 0.5) is 4.39 Å². The number of rotatable bonds is 4. The molecule has 1 aliphatic rings. The summed E-state index contributed by atoms with van der Waals surface area (Å²) in [5, 5.41) is 1.11. The highest BCUT2D eigenvalue weighted by Gasteiger charge is 2.28.